The Morgan fingerprint density at radius 3 is 2.39 bits per heavy atom. The molecule has 0 N–H and O–H groups in total. The molecule has 0 atom stereocenters. The molecule has 1 nitrogen and oxygen atoms in total. The fourth-order valence-corrected chi connectivity index (χ4v) is 1.85. The third-order valence-corrected chi connectivity index (χ3v) is 3.03. The SMILES string of the molecule is Cc1ccc(/C(C#N)=C/c2ccccc2Cl)cc1. The Kier molecular flexibility index (Phi) is 3.82. The lowest BCUT2D eigenvalue weighted by Gasteiger charge is -2.02. The van der Waals surface area contributed by atoms with Crippen LogP contribution in [0.2, 0.25) is 5.02 Å². The van der Waals surface area contributed by atoms with Crippen LogP contribution >= 0.6 is 11.6 Å². The van der Waals surface area contributed by atoms with Crippen LogP contribution in [-0.2, 0) is 0 Å². The van der Waals surface area contributed by atoms with Crippen LogP contribution in [0.25, 0.3) is 11.6 Å². The van der Waals surface area contributed by atoms with E-state index in [1.807, 2.05) is 61.5 Å². The normalized spacial score (nSPS) is 11.1. The monoisotopic (exact) mass is 253 g/mol. The van der Waals surface area contributed by atoms with Crippen molar-refractivity contribution >= 4 is 23.3 Å². The predicted octanol–water partition coefficient (Wildman–Crippen LogP) is 4.71. The van der Waals surface area contributed by atoms with Crippen molar-refractivity contribution in [3.05, 3.63) is 70.2 Å². The van der Waals surface area contributed by atoms with Gasteiger partial charge in [0.05, 0.1) is 11.6 Å². The molecule has 0 aliphatic carbocycles. The van der Waals surface area contributed by atoms with Gasteiger partial charge in [-0.25, -0.2) is 0 Å². The van der Waals surface area contributed by atoms with Gasteiger partial charge in [0.15, 0.2) is 0 Å². The number of rotatable bonds is 2. The zero-order valence-corrected chi connectivity index (χ0v) is 10.8. The van der Waals surface area contributed by atoms with Gasteiger partial charge in [-0.3, -0.25) is 0 Å². The van der Waals surface area contributed by atoms with Crippen molar-refractivity contribution in [2.45, 2.75) is 6.92 Å². The molecular formula is C16H12ClN. The van der Waals surface area contributed by atoms with Crippen molar-refractivity contribution in [3.8, 4) is 6.07 Å². The largest absolute Gasteiger partial charge is 0.192 e. The molecule has 0 saturated heterocycles. The zero-order chi connectivity index (χ0) is 13.0. The molecule has 0 aromatic heterocycles. The maximum atomic E-state index is 9.24. The topological polar surface area (TPSA) is 23.8 Å². The summed E-state index contributed by atoms with van der Waals surface area (Å²) in [6, 6.07) is 17.6. The van der Waals surface area contributed by atoms with Crippen LogP contribution in [0.3, 0.4) is 0 Å². The van der Waals surface area contributed by atoms with E-state index in [0.717, 1.165) is 11.1 Å². The third-order valence-electron chi connectivity index (χ3n) is 2.69. The molecule has 0 unspecified atom stereocenters. The van der Waals surface area contributed by atoms with Crippen molar-refractivity contribution in [1.82, 2.24) is 0 Å². The quantitative estimate of drug-likeness (QED) is 0.562. The number of nitrogens with zero attached hydrogens (tertiary/aromatic N) is 1. The number of nitriles is 1. The summed E-state index contributed by atoms with van der Waals surface area (Å²) in [5, 5.41) is 9.89. The average molecular weight is 254 g/mol. The Labute approximate surface area is 112 Å². The molecule has 2 aromatic rings. The highest BCUT2D eigenvalue weighted by Gasteiger charge is 2.02. The van der Waals surface area contributed by atoms with Gasteiger partial charge in [0.25, 0.3) is 0 Å². The van der Waals surface area contributed by atoms with Gasteiger partial charge in [0.1, 0.15) is 0 Å². The van der Waals surface area contributed by atoms with Gasteiger partial charge in [-0.2, -0.15) is 5.26 Å². The second kappa shape index (κ2) is 5.53. The summed E-state index contributed by atoms with van der Waals surface area (Å²) < 4.78 is 0. The van der Waals surface area contributed by atoms with Crippen molar-refractivity contribution in [3.63, 3.8) is 0 Å². The maximum absolute atomic E-state index is 9.24. The fraction of sp³-hybridized carbons (Fsp3) is 0.0625. The van der Waals surface area contributed by atoms with E-state index in [9.17, 15) is 5.26 Å². The fourth-order valence-electron chi connectivity index (χ4n) is 1.66. The summed E-state index contributed by atoms with van der Waals surface area (Å²) in [6.07, 6.45) is 1.81. The highest BCUT2D eigenvalue weighted by molar-refractivity contribution is 6.32. The highest BCUT2D eigenvalue weighted by Crippen LogP contribution is 2.22. The van der Waals surface area contributed by atoms with E-state index in [1.165, 1.54) is 5.56 Å². The molecule has 0 aliphatic rings. The summed E-state index contributed by atoms with van der Waals surface area (Å²) in [5.74, 6) is 0. The molecule has 0 saturated carbocycles. The minimum Gasteiger partial charge on any atom is -0.192 e. The maximum Gasteiger partial charge on any atom is 0.0998 e. The lowest BCUT2D eigenvalue weighted by molar-refractivity contribution is 1.45. The molecule has 0 heterocycles. The van der Waals surface area contributed by atoms with Gasteiger partial charge >= 0.3 is 0 Å². The molecule has 88 valence electrons. The predicted molar refractivity (Wildman–Crippen MR) is 76.1 cm³/mol. The lowest BCUT2D eigenvalue weighted by Crippen LogP contribution is -1.83. The van der Waals surface area contributed by atoms with Crippen LogP contribution in [0, 0.1) is 18.3 Å². The molecular weight excluding hydrogens is 242 g/mol. The van der Waals surface area contributed by atoms with Crippen LogP contribution in [0.5, 0.6) is 0 Å². The minimum absolute atomic E-state index is 0.614. The van der Waals surface area contributed by atoms with Gasteiger partial charge in [-0.1, -0.05) is 59.6 Å². The van der Waals surface area contributed by atoms with Gasteiger partial charge < -0.3 is 0 Å². The number of benzene rings is 2. The zero-order valence-electron chi connectivity index (χ0n) is 10.0. The van der Waals surface area contributed by atoms with E-state index in [1.54, 1.807) is 0 Å². The smallest absolute Gasteiger partial charge is 0.0998 e. The Bertz CT molecular complexity index is 618. The number of hydrogen-bond donors (Lipinski definition) is 0. The van der Waals surface area contributed by atoms with Crippen LogP contribution in [0.15, 0.2) is 48.5 Å². The first-order valence-electron chi connectivity index (χ1n) is 5.64. The molecule has 0 amide bonds. The van der Waals surface area contributed by atoms with Crippen LogP contribution in [-0.4, -0.2) is 0 Å². The summed E-state index contributed by atoms with van der Waals surface area (Å²) >= 11 is 6.08. The van der Waals surface area contributed by atoms with Crippen molar-refractivity contribution in [2.24, 2.45) is 0 Å². The third kappa shape index (κ3) is 2.80. The summed E-state index contributed by atoms with van der Waals surface area (Å²) in [4.78, 5) is 0. The number of hydrogen-bond acceptors (Lipinski definition) is 1. The van der Waals surface area contributed by atoms with E-state index in [0.29, 0.717) is 10.6 Å². The molecule has 0 spiro atoms. The highest BCUT2D eigenvalue weighted by atomic mass is 35.5. The van der Waals surface area contributed by atoms with Gasteiger partial charge in [0, 0.05) is 5.02 Å². The number of halogens is 1. The minimum atomic E-state index is 0.614. The molecule has 2 aromatic carbocycles. The van der Waals surface area contributed by atoms with Crippen molar-refractivity contribution < 1.29 is 0 Å². The standard InChI is InChI=1S/C16H12ClN/c1-12-6-8-13(9-7-12)15(11-18)10-14-4-2-3-5-16(14)17/h2-10H,1H3/b15-10+. The average Bonchev–Trinajstić information content (AvgIpc) is 2.39. The Hall–Kier alpha value is -2.04. The molecule has 0 aliphatic heterocycles. The second-order valence-electron chi connectivity index (χ2n) is 4.06. The number of aryl methyl sites for hydroxylation is 1. The summed E-state index contributed by atoms with van der Waals surface area (Å²) in [7, 11) is 0. The Morgan fingerprint density at radius 2 is 1.78 bits per heavy atom. The van der Waals surface area contributed by atoms with E-state index in [4.69, 9.17) is 11.6 Å². The first kappa shape index (κ1) is 12.4. The molecule has 0 fully saturated rings. The van der Waals surface area contributed by atoms with E-state index >= 15 is 0 Å². The van der Waals surface area contributed by atoms with Gasteiger partial charge in [-0.15, -0.1) is 0 Å². The molecule has 2 heteroatoms. The summed E-state index contributed by atoms with van der Waals surface area (Å²) in [5.41, 5.74) is 3.55. The van der Waals surface area contributed by atoms with Crippen molar-refractivity contribution in [2.75, 3.05) is 0 Å². The van der Waals surface area contributed by atoms with Crippen molar-refractivity contribution in [1.29, 1.82) is 5.26 Å². The first-order chi connectivity index (χ1) is 8.70. The van der Waals surface area contributed by atoms with Gasteiger partial charge in [-0.05, 0) is 30.2 Å². The summed E-state index contributed by atoms with van der Waals surface area (Å²) in [6.45, 7) is 2.02. The Morgan fingerprint density at radius 1 is 1.11 bits per heavy atom. The van der Waals surface area contributed by atoms with Crippen LogP contribution in [0.1, 0.15) is 16.7 Å². The van der Waals surface area contributed by atoms with Gasteiger partial charge in [0.2, 0.25) is 0 Å². The van der Waals surface area contributed by atoms with E-state index < -0.39 is 0 Å². The van der Waals surface area contributed by atoms with Crippen LogP contribution < -0.4 is 0 Å². The second-order valence-corrected chi connectivity index (χ2v) is 4.46. The Balaban J connectivity index is 2.44. The molecule has 0 radical (unpaired) electrons. The van der Waals surface area contributed by atoms with E-state index in [-0.39, 0.29) is 0 Å². The molecule has 0 bridgehead atoms. The lowest BCUT2D eigenvalue weighted by atomic mass is 10.0. The number of allylic oxidation sites excluding steroid dienone is 1. The van der Waals surface area contributed by atoms with Crippen LogP contribution in [0.4, 0.5) is 0 Å². The molecule has 2 rings (SSSR count). The molecule has 18 heavy (non-hydrogen) atoms. The van der Waals surface area contributed by atoms with E-state index in [2.05, 4.69) is 6.07 Å². The first-order valence-corrected chi connectivity index (χ1v) is 6.02.